The SMILES string of the molecule is CN(N)C(=NS(=O)(=O)c1ccc(Cl)cc1)Nc1ccc(Cl)cc1. The summed E-state index contributed by atoms with van der Waals surface area (Å²) in [6.45, 7) is 0. The van der Waals surface area contributed by atoms with Crippen LogP contribution in [0.2, 0.25) is 10.0 Å². The quantitative estimate of drug-likeness (QED) is 0.374. The number of anilines is 1. The highest BCUT2D eigenvalue weighted by Crippen LogP contribution is 2.17. The molecule has 0 aliphatic rings. The Balaban J connectivity index is 2.34. The number of hydrazine groups is 1. The summed E-state index contributed by atoms with van der Waals surface area (Å²) in [6.07, 6.45) is 0. The zero-order chi connectivity index (χ0) is 17.0. The second kappa shape index (κ2) is 7.18. The molecule has 2 aromatic carbocycles. The maximum atomic E-state index is 12.3. The molecule has 0 unspecified atom stereocenters. The maximum Gasteiger partial charge on any atom is 0.285 e. The monoisotopic (exact) mass is 372 g/mol. The minimum Gasteiger partial charge on any atom is -0.324 e. The third-order valence-electron chi connectivity index (χ3n) is 2.75. The number of hydrogen-bond donors (Lipinski definition) is 2. The van der Waals surface area contributed by atoms with E-state index in [4.69, 9.17) is 29.0 Å². The minimum absolute atomic E-state index is 0.0131. The molecule has 0 spiro atoms. The van der Waals surface area contributed by atoms with Gasteiger partial charge in [-0.2, -0.15) is 8.42 Å². The van der Waals surface area contributed by atoms with E-state index in [0.717, 1.165) is 5.01 Å². The molecule has 3 N–H and O–H groups in total. The average molecular weight is 373 g/mol. The molecule has 122 valence electrons. The van der Waals surface area contributed by atoms with Crippen LogP contribution < -0.4 is 11.2 Å². The summed E-state index contributed by atoms with van der Waals surface area (Å²) in [6, 6.07) is 12.4. The van der Waals surface area contributed by atoms with Gasteiger partial charge in [0.15, 0.2) is 0 Å². The van der Waals surface area contributed by atoms with Crippen LogP contribution in [0.15, 0.2) is 57.8 Å². The standard InChI is InChI=1S/C14H14Cl2N4O2S/c1-20(17)14(18-12-6-2-10(15)3-7-12)19-23(21,22)13-8-4-11(16)5-9-13/h2-9H,17H2,1H3,(H,18,19). The molecule has 0 fully saturated rings. The van der Waals surface area contributed by atoms with E-state index in [0.29, 0.717) is 15.7 Å². The van der Waals surface area contributed by atoms with Gasteiger partial charge in [-0.15, -0.1) is 4.40 Å². The molecular formula is C14H14Cl2N4O2S. The van der Waals surface area contributed by atoms with Crippen LogP contribution >= 0.6 is 23.2 Å². The number of halogens is 2. The van der Waals surface area contributed by atoms with Crippen molar-refractivity contribution in [2.75, 3.05) is 12.4 Å². The Kier molecular flexibility index (Phi) is 5.48. The van der Waals surface area contributed by atoms with E-state index >= 15 is 0 Å². The molecule has 23 heavy (non-hydrogen) atoms. The van der Waals surface area contributed by atoms with Crippen molar-refractivity contribution >= 4 is 44.9 Å². The molecule has 6 nitrogen and oxygen atoms in total. The van der Waals surface area contributed by atoms with Gasteiger partial charge in [0.05, 0.1) is 4.90 Å². The Morgan fingerprint density at radius 2 is 1.52 bits per heavy atom. The Labute approximate surface area is 144 Å². The first-order chi connectivity index (χ1) is 10.8. The molecule has 0 bridgehead atoms. The van der Waals surface area contributed by atoms with Crippen molar-refractivity contribution in [3.63, 3.8) is 0 Å². The molecule has 9 heteroatoms. The van der Waals surface area contributed by atoms with Crippen molar-refractivity contribution < 1.29 is 8.42 Å². The first-order valence-electron chi connectivity index (χ1n) is 6.39. The first-order valence-corrected chi connectivity index (χ1v) is 8.59. The Hall–Kier alpha value is -1.80. The van der Waals surface area contributed by atoms with Crippen LogP contribution in [0.4, 0.5) is 5.69 Å². The molecule has 0 aliphatic heterocycles. The molecular weight excluding hydrogens is 359 g/mol. The topological polar surface area (TPSA) is 87.8 Å². The maximum absolute atomic E-state index is 12.3. The highest BCUT2D eigenvalue weighted by molar-refractivity contribution is 7.90. The van der Waals surface area contributed by atoms with Gasteiger partial charge in [0, 0.05) is 22.8 Å². The van der Waals surface area contributed by atoms with Gasteiger partial charge in [-0.25, -0.2) is 5.84 Å². The molecule has 0 amide bonds. The lowest BCUT2D eigenvalue weighted by Gasteiger charge is -2.17. The Bertz CT molecular complexity index is 804. The largest absolute Gasteiger partial charge is 0.324 e. The lowest BCUT2D eigenvalue weighted by molar-refractivity contribution is 0.536. The van der Waals surface area contributed by atoms with E-state index in [9.17, 15) is 8.42 Å². The lowest BCUT2D eigenvalue weighted by atomic mass is 10.3. The van der Waals surface area contributed by atoms with Crippen molar-refractivity contribution in [3.05, 3.63) is 58.6 Å². The summed E-state index contributed by atoms with van der Waals surface area (Å²) >= 11 is 11.6. The van der Waals surface area contributed by atoms with E-state index < -0.39 is 10.0 Å². The summed E-state index contributed by atoms with van der Waals surface area (Å²) in [5.74, 6) is 5.61. The van der Waals surface area contributed by atoms with E-state index in [2.05, 4.69) is 9.71 Å². The van der Waals surface area contributed by atoms with Crippen molar-refractivity contribution in [3.8, 4) is 0 Å². The number of guanidine groups is 1. The summed E-state index contributed by atoms with van der Waals surface area (Å²) in [5.41, 5.74) is 0.594. The van der Waals surface area contributed by atoms with Gasteiger partial charge in [-0.1, -0.05) is 23.2 Å². The molecule has 0 radical (unpaired) electrons. The zero-order valence-electron chi connectivity index (χ0n) is 12.1. The third-order valence-corrected chi connectivity index (χ3v) is 4.54. The second-order valence-corrected chi connectivity index (χ2v) is 7.06. The smallest absolute Gasteiger partial charge is 0.285 e. The second-order valence-electron chi connectivity index (χ2n) is 4.59. The molecule has 0 saturated carbocycles. The highest BCUT2D eigenvalue weighted by Gasteiger charge is 2.16. The first kappa shape index (κ1) is 17.6. The van der Waals surface area contributed by atoms with E-state index in [-0.39, 0.29) is 10.9 Å². The van der Waals surface area contributed by atoms with Gasteiger partial charge in [-0.05, 0) is 48.5 Å². The van der Waals surface area contributed by atoms with Crippen LogP contribution in [0.25, 0.3) is 0 Å². The number of nitrogens with two attached hydrogens (primary N) is 1. The molecule has 0 atom stereocenters. The predicted molar refractivity (Wildman–Crippen MR) is 93.1 cm³/mol. The van der Waals surface area contributed by atoms with Crippen LogP contribution in [0.5, 0.6) is 0 Å². The van der Waals surface area contributed by atoms with Gasteiger partial charge < -0.3 is 5.32 Å². The fourth-order valence-corrected chi connectivity index (χ4v) is 2.85. The zero-order valence-corrected chi connectivity index (χ0v) is 14.4. The van der Waals surface area contributed by atoms with Crippen LogP contribution in [0.1, 0.15) is 0 Å². The molecule has 0 saturated heterocycles. The van der Waals surface area contributed by atoms with Crippen LogP contribution in [-0.4, -0.2) is 26.4 Å². The van der Waals surface area contributed by atoms with Gasteiger partial charge in [-0.3, -0.25) is 5.01 Å². The van der Waals surface area contributed by atoms with Crippen molar-refractivity contribution in [2.45, 2.75) is 4.90 Å². The molecule has 0 aromatic heterocycles. The van der Waals surface area contributed by atoms with Crippen molar-refractivity contribution in [2.24, 2.45) is 10.2 Å². The normalized spacial score (nSPS) is 12.1. The summed E-state index contributed by atoms with van der Waals surface area (Å²) < 4.78 is 28.4. The molecule has 2 aromatic rings. The Morgan fingerprint density at radius 1 is 1.04 bits per heavy atom. The van der Waals surface area contributed by atoms with Crippen molar-refractivity contribution in [1.29, 1.82) is 0 Å². The number of hydrogen-bond acceptors (Lipinski definition) is 3. The summed E-state index contributed by atoms with van der Waals surface area (Å²) in [5, 5.41) is 4.89. The lowest BCUT2D eigenvalue weighted by Crippen LogP contribution is -2.39. The van der Waals surface area contributed by atoms with Crippen LogP contribution in [0, 0.1) is 0 Å². The predicted octanol–water partition coefficient (Wildman–Crippen LogP) is 2.96. The van der Waals surface area contributed by atoms with Crippen LogP contribution in [-0.2, 0) is 10.0 Å². The fourth-order valence-electron chi connectivity index (χ4n) is 1.61. The highest BCUT2D eigenvalue weighted by atomic mass is 35.5. The number of sulfonamides is 1. The number of benzene rings is 2. The minimum atomic E-state index is -3.93. The molecule has 0 aliphatic carbocycles. The van der Waals surface area contributed by atoms with E-state index in [1.807, 2.05) is 0 Å². The van der Waals surface area contributed by atoms with E-state index in [1.165, 1.54) is 31.3 Å². The number of nitrogens with one attached hydrogen (secondary N) is 1. The number of nitrogens with zero attached hydrogens (tertiary/aromatic N) is 2. The van der Waals surface area contributed by atoms with Crippen molar-refractivity contribution in [1.82, 2.24) is 5.01 Å². The Morgan fingerprint density at radius 3 is 2.00 bits per heavy atom. The van der Waals surface area contributed by atoms with E-state index in [1.54, 1.807) is 24.3 Å². The fraction of sp³-hybridized carbons (Fsp3) is 0.0714. The summed E-state index contributed by atoms with van der Waals surface area (Å²) in [4.78, 5) is 0.0131. The molecule has 0 heterocycles. The molecule has 2 rings (SSSR count). The van der Waals surface area contributed by atoms with Gasteiger partial charge in [0.25, 0.3) is 10.0 Å². The van der Waals surface area contributed by atoms with Gasteiger partial charge >= 0.3 is 0 Å². The number of rotatable bonds is 3. The van der Waals surface area contributed by atoms with Crippen LogP contribution in [0.3, 0.4) is 0 Å². The van der Waals surface area contributed by atoms with Gasteiger partial charge in [0.1, 0.15) is 0 Å². The average Bonchev–Trinajstić information content (AvgIpc) is 2.49. The third kappa shape index (κ3) is 4.84. The summed E-state index contributed by atoms with van der Waals surface area (Å²) in [7, 11) is -2.46. The van der Waals surface area contributed by atoms with Gasteiger partial charge in [0.2, 0.25) is 5.96 Å².